The summed E-state index contributed by atoms with van der Waals surface area (Å²) in [6.45, 7) is 0.671. The summed E-state index contributed by atoms with van der Waals surface area (Å²) in [6, 6.07) is 3.59. The van der Waals surface area contributed by atoms with Crippen LogP contribution >= 0.6 is 11.6 Å². The monoisotopic (exact) mass is 307 g/mol. The van der Waals surface area contributed by atoms with Crippen molar-refractivity contribution in [3.63, 3.8) is 0 Å². The van der Waals surface area contributed by atoms with Crippen LogP contribution < -0.4 is 15.2 Å². The third-order valence-corrected chi connectivity index (χ3v) is 4.02. The van der Waals surface area contributed by atoms with Crippen molar-refractivity contribution in [2.24, 2.45) is 13.0 Å². The molecule has 1 saturated carbocycles. The van der Waals surface area contributed by atoms with Gasteiger partial charge in [0, 0.05) is 12.6 Å². The minimum Gasteiger partial charge on any atom is -0.493 e. The lowest BCUT2D eigenvalue weighted by Crippen LogP contribution is -2.04. The van der Waals surface area contributed by atoms with Crippen molar-refractivity contribution in [2.45, 2.75) is 12.8 Å². The molecule has 5 nitrogen and oxygen atoms in total. The molecule has 3 rings (SSSR count). The fraction of sp³-hybridized carbons (Fsp3) is 0.400. The molecule has 0 bridgehead atoms. The Morgan fingerprint density at radius 2 is 2.19 bits per heavy atom. The average molecular weight is 308 g/mol. The van der Waals surface area contributed by atoms with E-state index in [0.717, 1.165) is 11.1 Å². The summed E-state index contributed by atoms with van der Waals surface area (Å²) in [6.07, 6.45) is 4.13. The minimum atomic E-state index is 0.543. The van der Waals surface area contributed by atoms with E-state index >= 15 is 0 Å². The maximum Gasteiger partial charge on any atom is 0.170 e. The molecule has 1 heterocycles. The molecule has 0 saturated heterocycles. The van der Waals surface area contributed by atoms with Gasteiger partial charge in [-0.2, -0.15) is 5.10 Å². The van der Waals surface area contributed by atoms with Gasteiger partial charge in [0.05, 0.1) is 30.5 Å². The molecule has 0 radical (unpaired) electrons. The predicted octanol–water partition coefficient (Wildman–Crippen LogP) is 3.12. The zero-order valence-electron chi connectivity index (χ0n) is 12.1. The molecule has 1 aliphatic carbocycles. The Morgan fingerprint density at radius 1 is 1.43 bits per heavy atom. The van der Waals surface area contributed by atoms with Crippen LogP contribution in [0, 0.1) is 5.92 Å². The van der Waals surface area contributed by atoms with E-state index in [-0.39, 0.29) is 0 Å². The second kappa shape index (κ2) is 5.48. The summed E-state index contributed by atoms with van der Waals surface area (Å²) < 4.78 is 13.0. The van der Waals surface area contributed by atoms with Crippen LogP contribution in [-0.2, 0) is 7.05 Å². The smallest absolute Gasteiger partial charge is 0.170 e. The molecular formula is C15H18ClN3O2. The van der Waals surface area contributed by atoms with Crippen LogP contribution in [0.1, 0.15) is 12.8 Å². The standard InChI is InChI=1S/C15H18ClN3O2/c1-19-15(17)10(7-18-19)13-11(16)5-6-12(20-2)14(13)21-8-9-3-4-9/h5-7,9H,3-4,8,17H2,1-2H3. The van der Waals surface area contributed by atoms with Crippen molar-refractivity contribution in [2.75, 3.05) is 19.5 Å². The minimum absolute atomic E-state index is 0.543. The second-order valence-electron chi connectivity index (χ2n) is 5.28. The fourth-order valence-electron chi connectivity index (χ4n) is 2.22. The van der Waals surface area contributed by atoms with Crippen LogP contribution in [0.15, 0.2) is 18.3 Å². The molecule has 2 N–H and O–H groups in total. The van der Waals surface area contributed by atoms with Crippen LogP contribution in [-0.4, -0.2) is 23.5 Å². The number of rotatable bonds is 5. The number of methoxy groups -OCH3 is 1. The number of halogens is 1. The topological polar surface area (TPSA) is 62.3 Å². The van der Waals surface area contributed by atoms with E-state index in [0.29, 0.717) is 34.9 Å². The molecule has 0 aliphatic heterocycles. The van der Waals surface area contributed by atoms with Gasteiger partial charge in [0.15, 0.2) is 11.5 Å². The number of aromatic nitrogens is 2. The lowest BCUT2D eigenvalue weighted by molar-refractivity contribution is 0.281. The number of benzene rings is 1. The largest absolute Gasteiger partial charge is 0.493 e. The van der Waals surface area contributed by atoms with E-state index in [2.05, 4.69) is 5.10 Å². The molecule has 6 heteroatoms. The number of ether oxygens (including phenoxy) is 2. The van der Waals surface area contributed by atoms with Crippen molar-refractivity contribution in [1.82, 2.24) is 9.78 Å². The summed E-state index contributed by atoms with van der Waals surface area (Å²) in [5.74, 6) is 2.46. The summed E-state index contributed by atoms with van der Waals surface area (Å²) in [4.78, 5) is 0. The lowest BCUT2D eigenvalue weighted by Gasteiger charge is -2.16. The van der Waals surface area contributed by atoms with E-state index in [1.54, 1.807) is 37.2 Å². The Balaban J connectivity index is 2.09. The maximum absolute atomic E-state index is 6.38. The van der Waals surface area contributed by atoms with Crippen LogP contribution in [0.5, 0.6) is 11.5 Å². The van der Waals surface area contributed by atoms with Gasteiger partial charge in [0.2, 0.25) is 0 Å². The highest BCUT2D eigenvalue weighted by Gasteiger charge is 2.25. The van der Waals surface area contributed by atoms with E-state index in [4.69, 9.17) is 26.8 Å². The number of nitrogens with zero attached hydrogens (tertiary/aromatic N) is 2. The Bertz CT molecular complexity index is 665. The lowest BCUT2D eigenvalue weighted by atomic mass is 10.1. The van der Waals surface area contributed by atoms with Crippen molar-refractivity contribution in [3.8, 4) is 22.6 Å². The Hall–Kier alpha value is -1.88. The Kier molecular flexibility index (Phi) is 3.68. The maximum atomic E-state index is 6.38. The molecule has 0 unspecified atom stereocenters. The highest BCUT2D eigenvalue weighted by atomic mass is 35.5. The zero-order chi connectivity index (χ0) is 15.0. The first-order valence-corrected chi connectivity index (χ1v) is 7.26. The van der Waals surface area contributed by atoms with Gasteiger partial charge >= 0.3 is 0 Å². The average Bonchev–Trinajstić information content (AvgIpc) is 3.25. The number of aryl methyl sites for hydroxylation is 1. The van der Waals surface area contributed by atoms with Gasteiger partial charge in [0.1, 0.15) is 5.82 Å². The van der Waals surface area contributed by atoms with Crippen molar-refractivity contribution in [1.29, 1.82) is 0 Å². The number of hydrogen-bond donors (Lipinski definition) is 1. The van der Waals surface area contributed by atoms with Gasteiger partial charge in [-0.15, -0.1) is 0 Å². The first kappa shape index (κ1) is 14.1. The van der Waals surface area contributed by atoms with Crippen LogP contribution in [0.4, 0.5) is 5.82 Å². The summed E-state index contributed by atoms with van der Waals surface area (Å²) in [7, 11) is 3.40. The second-order valence-corrected chi connectivity index (χ2v) is 5.68. The van der Waals surface area contributed by atoms with Gasteiger partial charge in [-0.1, -0.05) is 11.6 Å². The molecule has 1 aromatic heterocycles. The first-order chi connectivity index (χ1) is 10.1. The Labute approximate surface area is 128 Å². The molecule has 1 fully saturated rings. The third kappa shape index (κ3) is 2.65. The summed E-state index contributed by atoms with van der Waals surface area (Å²) in [5.41, 5.74) is 7.57. The van der Waals surface area contributed by atoms with Gasteiger partial charge in [-0.05, 0) is 30.9 Å². The van der Waals surface area contributed by atoms with Crippen molar-refractivity contribution in [3.05, 3.63) is 23.4 Å². The van der Waals surface area contributed by atoms with Crippen LogP contribution in [0.3, 0.4) is 0 Å². The highest BCUT2D eigenvalue weighted by Crippen LogP contribution is 2.45. The fourth-order valence-corrected chi connectivity index (χ4v) is 2.47. The first-order valence-electron chi connectivity index (χ1n) is 6.89. The number of hydrogen-bond acceptors (Lipinski definition) is 4. The molecule has 2 aromatic rings. The van der Waals surface area contributed by atoms with E-state index < -0.39 is 0 Å². The van der Waals surface area contributed by atoms with Gasteiger partial charge in [0.25, 0.3) is 0 Å². The van der Waals surface area contributed by atoms with E-state index in [1.165, 1.54) is 12.8 Å². The summed E-state index contributed by atoms with van der Waals surface area (Å²) in [5, 5.41) is 4.75. The molecule has 0 amide bonds. The Morgan fingerprint density at radius 3 is 2.76 bits per heavy atom. The molecule has 1 aromatic carbocycles. The van der Waals surface area contributed by atoms with Crippen LogP contribution in [0.2, 0.25) is 5.02 Å². The number of nitrogen functional groups attached to an aromatic ring is 1. The molecule has 0 spiro atoms. The molecule has 1 aliphatic rings. The number of nitrogens with two attached hydrogens (primary N) is 1. The van der Waals surface area contributed by atoms with Crippen molar-refractivity contribution < 1.29 is 9.47 Å². The van der Waals surface area contributed by atoms with E-state index in [1.807, 2.05) is 0 Å². The molecule has 0 atom stereocenters. The van der Waals surface area contributed by atoms with Gasteiger partial charge in [-0.3, -0.25) is 4.68 Å². The number of anilines is 1. The molecule has 112 valence electrons. The SMILES string of the molecule is COc1ccc(Cl)c(-c2cnn(C)c2N)c1OCC1CC1. The molecule has 21 heavy (non-hydrogen) atoms. The zero-order valence-corrected chi connectivity index (χ0v) is 12.9. The van der Waals surface area contributed by atoms with E-state index in [9.17, 15) is 0 Å². The molecular weight excluding hydrogens is 290 g/mol. The normalized spacial score (nSPS) is 14.2. The van der Waals surface area contributed by atoms with Crippen molar-refractivity contribution >= 4 is 17.4 Å². The third-order valence-electron chi connectivity index (χ3n) is 3.70. The highest BCUT2D eigenvalue weighted by molar-refractivity contribution is 6.34. The van der Waals surface area contributed by atoms with Gasteiger partial charge in [-0.25, -0.2) is 0 Å². The summed E-state index contributed by atoms with van der Waals surface area (Å²) >= 11 is 6.38. The van der Waals surface area contributed by atoms with Gasteiger partial charge < -0.3 is 15.2 Å². The quantitative estimate of drug-likeness (QED) is 0.922. The van der Waals surface area contributed by atoms with Crippen LogP contribution in [0.25, 0.3) is 11.1 Å². The predicted molar refractivity (Wildman–Crippen MR) is 82.8 cm³/mol.